The minimum atomic E-state index is -0.493. The van der Waals surface area contributed by atoms with E-state index in [0.29, 0.717) is 25.3 Å². The Morgan fingerprint density at radius 2 is 1.85 bits per heavy atom. The van der Waals surface area contributed by atoms with E-state index in [-0.39, 0.29) is 18.1 Å². The summed E-state index contributed by atoms with van der Waals surface area (Å²) in [5, 5.41) is 3.69. The molecule has 0 radical (unpaired) electrons. The average molecular weight is 469 g/mol. The number of amides is 1. The molecule has 2 aliphatic heterocycles. The summed E-state index contributed by atoms with van der Waals surface area (Å²) in [7, 11) is 0. The van der Waals surface area contributed by atoms with Crippen molar-refractivity contribution < 1.29 is 19.1 Å². The van der Waals surface area contributed by atoms with Crippen LogP contribution in [0.2, 0.25) is 0 Å². The highest BCUT2D eigenvalue weighted by atomic mass is 32.2. The first-order valence-corrected chi connectivity index (χ1v) is 12.4. The van der Waals surface area contributed by atoms with Crippen molar-refractivity contribution in [3.8, 4) is 0 Å². The second-order valence-corrected chi connectivity index (χ2v) is 10.6. The number of piperidine rings is 1. The lowest BCUT2D eigenvalue weighted by molar-refractivity contribution is 0.0210. The Hall–Kier alpha value is -2.67. The minimum absolute atomic E-state index is 0.215. The van der Waals surface area contributed by atoms with Crippen molar-refractivity contribution in [2.75, 3.05) is 25.0 Å². The first-order valence-electron chi connectivity index (χ1n) is 11.6. The maximum atomic E-state index is 12.5. The summed E-state index contributed by atoms with van der Waals surface area (Å²) >= 11 is 1.70. The number of ether oxygens (including phenoxy) is 2. The van der Waals surface area contributed by atoms with Crippen molar-refractivity contribution >= 4 is 29.5 Å². The fraction of sp³-hybridized carbons (Fsp3) is 0.462. The quantitative estimate of drug-likeness (QED) is 0.493. The van der Waals surface area contributed by atoms with Crippen LogP contribution in [0.15, 0.2) is 46.2 Å². The summed E-state index contributed by atoms with van der Waals surface area (Å²) in [5.41, 5.74) is 3.56. The van der Waals surface area contributed by atoms with E-state index in [9.17, 15) is 9.59 Å². The molecule has 7 heteroatoms. The molecule has 1 saturated heterocycles. The first-order chi connectivity index (χ1) is 15.7. The van der Waals surface area contributed by atoms with Crippen LogP contribution < -0.4 is 5.32 Å². The normalized spacial score (nSPS) is 15.9. The summed E-state index contributed by atoms with van der Waals surface area (Å²) in [6.07, 6.45) is 2.21. The molecule has 2 aromatic carbocycles. The predicted octanol–water partition coefficient (Wildman–Crippen LogP) is 5.73. The van der Waals surface area contributed by atoms with E-state index < -0.39 is 5.60 Å². The number of benzene rings is 2. The molecule has 1 fully saturated rings. The number of hydrogen-bond acceptors (Lipinski definition) is 6. The van der Waals surface area contributed by atoms with Gasteiger partial charge in [0.05, 0.1) is 12.2 Å². The second-order valence-electron chi connectivity index (χ2n) is 9.49. The van der Waals surface area contributed by atoms with Crippen LogP contribution in [0.25, 0.3) is 0 Å². The third-order valence-corrected chi connectivity index (χ3v) is 6.99. The van der Waals surface area contributed by atoms with Gasteiger partial charge in [0.25, 0.3) is 0 Å². The highest BCUT2D eigenvalue weighted by Gasteiger charge is 2.28. The number of anilines is 1. The van der Waals surface area contributed by atoms with Crippen LogP contribution in [0.3, 0.4) is 0 Å². The Balaban J connectivity index is 1.52. The first kappa shape index (κ1) is 23.5. The lowest BCUT2D eigenvalue weighted by Crippen LogP contribution is -2.44. The van der Waals surface area contributed by atoms with Crippen LogP contribution in [0.4, 0.5) is 10.5 Å². The fourth-order valence-corrected chi connectivity index (χ4v) is 5.34. The molecule has 4 rings (SSSR count). The Labute approximate surface area is 200 Å². The van der Waals surface area contributed by atoms with E-state index in [4.69, 9.17) is 9.47 Å². The molecule has 0 saturated carbocycles. The van der Waals surface area contributed by atoms with Crippen LogP contribution in [0, 0.1) is 0 Å². The smallest absolute Gasteiger partial charge is 0.410 e. The highest BCUT2D eigenvalue weighted by molar-refractivity contribution is 7.99. The maximum Gasteiger partial charge on any atom is 0.410 e. The number of rotatable bonds is 4. The molecule has 2 aliphatic rings. The molecular weight excluding hydrogens is 436 g/mol. The van der Waals surface area contributed by atoms with Gasteiger partial charge in [-0.15, -0.1) is 0 Å². The third kappa shape index (κ3) is 5.64. The number of hydrogen-bond donors (Lipinski definition) is 1. The number of carbonyl (C=O) groups excluding carboxylic acids is 2. The molecular formula is C26H32N2O4S. The maximum absolute atomic E-state index is 12.5. The Bertz CT molecular complexity index is 1040. The summed E-state index contributed by atoms with van der Waals surface area (Å²) in [5.74, 6) is -0.303. The summed E-state index contributed by atoms with van der Waals surface area (Å²) < 4.78 is 10.8. The molecule has 33 heavy (non-hydrogen) atoms. The molecule has 0 atom stereocenters. The molecule has 1 amide bonds. The fourth-order valence-electron chi connectivity index (χ4n) is 4.19. The predicted molar refractivity (Wildman–Crippen MR) is 130 cm³/mol. The van der Waals surface area contributed by atoms with Gasteiger partial charge in [0.2, 0.25) is 0 Å². The highest BCUT2D eigenvalue weighted by Crippen LogP contribution is 2.43. The summed E-state index contributed by atoms with van der Waals surface area (Å²) in [6, 6.07) is 12.5. The molecule has 6 nitrogen and oxygen atoms in total. The van der Waals surface area contributed by atoms with Gasteiger partial charge >= 0.3 is 12.1 Å². The molecule has 2 heterocycles. The molecule has 2 aromatic rings. The minimum Gasteiger partial charge on any atom is -0.462 e. The van der Waals surface area contributed by atoms with Crippen molar-refractivity contribution in [1.29, 1.82) is 0 Å². The SMILES string of the molecule is CCOC(=O)c1cc(NC2CCN(C(=O)OC(C)(C)C)CC2)c2c(c1)Sc1ccccc1C2. The number of nitrogens with one attached hydrogen (secondary N) is 1. The van der Waals surface area contributed by atoms with Crippen molar-refractivity contribution in [2.45, 2.75) is 68.4 Å². The monoisotopic (exact) mass is 468 g/mol. The van der Waals surface area contributed by atoms with Gasteiger partial charge in [-0.2, -0.15) is 0 Å². The molecule has 0 bridgehead atoms. The zero-order valence-electron chi connectivity index (χ0n) is 19.8. The standard InChI is InChI=1S/C26H32N2O4S/c1-5-31-24(29)18-15-21(20-14-17-8-6-7-9-22(17)33-23(20)16-18)27-19-10-12-28(13-11-19)25(30)32-26(2,3)4/h6-9,15-16,19,27H,5,10-14H2,1-4H3. The lowest BCUT2D eigenvalue weighted by Gasteiger charge is -2.35. The average Bonchev–Trinajstić information content (AvgIpc) is 2.77. The van der Waals surface area contributed by atoms with Crippen molar-refractivity contribution in [3.63, 3.8) is 0 Å². The molecule has 0 aromatic heterocycles. The largest absolute Gasteiger partial charge is 0.462 e. The van der Waals surface area contributed by atoms with Crippen LogP contribution >= 0.6 is 11.8 Å². The molecule has 176 valence electrons. The second kappa shape index (κ2) is 9.67. The van der Waals surface area contributed by atoms with Crippen LogP contribution in [0.5, 0.6) is 0 Å². The van der Waals surface area contributed by atoms with Gasteiger partial charge in [-0.1, -0.05) is 30.0 Å². The topological polar surface area (TPSA) is 67.9 Å². The Morgan fingerprint density at radius 1 is 1.12 bits per heavy atom. The molecule has 0 unspecified atom stereocenters. The van der Waals surface area contributed by atoms with Gasteiger partial charge < -0.3 is 19.7 Å². The zero-order valence-corrected chi connectivity index (χ0v) is 20.6. The number of fused-ring (bicyclic) bond motifs is 2. The zero-order chi connectivity index (χ0) is 23.6. The van der Waals surface area contributed by atoms with Crippen molar-refractivity contribution in [3.05, 3.63) is 53.1 Å². The number of esters is 1. The molecule has 1 N–H and O–H groups in total. The van der Waals surface area contributed by atoms with Crippen LogP contribution in [-0.2, 0) is 15.9 Å². The van der Waals surface area contributed by atoms with Gasteiger partial charge in [0.1, 0.15) is 5.60 Å². The van der Waals surface area contributed by atoms with Gasteiger partial charge in [-0.05, 0) is 69.9 Å². The van der Waals surface area contributed by atoms with Crippen molar-refractivity contribution in [2.24, 2.45) is 0 Å². The van der Waals surface area contributed by atoms with E-state index in [2.05, 4.69) is 23.5 Å². The summed E-state index contributed by atoms with van der Waals surface area (Å²) in [6.45, 7) is 9.10. The van der Waals surface area contributed by atoms with Crippen molar-refractivity contribution in [1.82, 2.24) is 4.90 Å². The Morgan fingerprint density at radius 3 is 2.55 bits per heavy atom. The van der Waals surface area contributed by atoms with E-state index in [1.807, 2.05) is 45.9 Å². The van der Waals surface area contributed by atoms with Gasteiger partial charge in [-0.3, -0.25) is 0 Å². The van der Waals surface area contributed by atoms with E-state index in [1.165, 1.54) is 16.0 Å². The Kier molecular flexibility index (Phi) is 6.88. The van der Waals surface area contributed by atoms with Gasteiger partial charge in [0, 0.05) is 41.0 Å². The third-order valence-electron chi connectivity index (χ3n) is 5.79. The molecule has 0 spiro atoms. The van der Waals surface area contributed by atoms with Gasteiger partial charge in [0.15, 0.2) is 0 Å². The lowest BCUT2D eigenvalue weighted by atomic mass is 9.98. The summed E-state index contributed by atoms with van der Waals surface area (Å²) in [4.78, 5) is 29.0. The van der Waals surface area contributed by atoms with E-state index in [1.54, 1.807) is 16.7 Å². The molecule has 0 aliphatic carbocycles. The number of likely N-dealkylation sites (tertiary alicyclic amines) is 1. The van der Waals surface area contributed by atoms with Crippen LogP contribution in [0.1, 0.15) is 62.0 Å². The van der Waals surface area contributed by atoms with Crippen LogP contribution in [-0.4, -0.2) is 48.3 Å². The number of carbonyl (C=O) groups is 2. The van der Waals surface area contributed by atoms with E-state index >= 15 is 0 Å². The number of nitrogens with zero attached hydrogens (tertiary/aromatic N) is 1. The van der Waals surface area contributed by atoms with Gasteiger partial charge in [-0.25, -0.2) is 9.59 Å². The van der Waals surface area contributed by atoms with E-state index in [0.717, 1.165) is 29.8 Å².